The maximum atomic E-state index is 13.2. The molecule has 10 heteroatoms. The first-order valence-electron chi connectivity index (χ1n) is 13.7. The highest BCUT2D eigenvalue weighted by atomic mass is 19.3. The van der Waals surface area contributed by atoms with Gasteiger partial charge in [0.25, 0.3) is 5.92 Å². The van der Waals surface area contributed by atoms with E-state index in [1.807, 2.05) is 63.6 Å². The Bertz CT molecular complexity index is 1010. The highest BCUT2D eigenvalue weighted by Gasteiger charge is 2.27. The second kappa shape index (κ2) is 19.5. The molecule has 1 aliphatic rings. The minimum Gasteiger partial charge on any atom is -0.388 e. The van der Waals surface area contributed by atoms with Crippen molar-refractivity contribution in [3.05, 3.63) is 60.6 Å². The van der Waals surface area contributed by atoms with Crippen molar-refractivity contribution in [1.29, 1.82) is 5.41 Å². The van der Waals surface area contributed by atoms with Crippen LogP contribution in [0.1, 0.15) is 60.5 Å². The van der Waals surface area contributed by atoms with Crippen LogP contribution in [0, 0.1) is 5.41 Å². The molecule has 40 heavy (non-hydrogen) atoms. The van der Waals surface area contributed by atoms with Gasteiger partial charge in [-0.05, 0) is 45.9 Å². The van der Waals surface area contributed by atoms with E-state index in [2.05, 4.69) is 27.2 Å². The van der Waals surface area contributed by atoms with Crippen LogP contribution in [-0.2, 0) is 5.92 Å². The number of halogens is 2. The lowest BCUT2D eigenvalue weighted by molar-refractivity contribution is 0.0175. The third-order valence-electron chi connectivity index (χ3n) is 5.69. The quantitative estimate of drug-likeness (QED) is 0.129. The molecule has 0 aliphatic carbocycles. The van der Waals surface area contributed by atoms with Gasteiger partial charge in [0, 0.05) is 64.2 Å². The third-order valence-corrected chi connectivity index (χ3v) is 5.69. The van der Waals surface area contributed by atoms with E-state index < -0.39 is 12.0 Å². The minimum absolute atomic E-state index is 0.0391. The summed E-state index contributed by atoms with van der Waals surface area (Å²) in [4.78, 5) is 12.5. The highest BCUT2D eigenvalue weighted by Crippen LogP contribution is 2.36. The average Bonchev–Trinajstić information content (AvgIpc) is 3.34. The van der Waals surface area contributed by atoms with Crippen molar-refractivity contribution in [3.8, 4) is 0 Å². The molecule has 0 spiro atoms. The molecule has 1 heterocycles. The van der Waals surface area contributed by atoms with E-state index in [1.54, 1.807) is 19.1 Å². The predicted molar refractivity (Wildman–Crippen MR) is 168 cm³/mol. The molecule has 0 radical (unpaired) electrons. The van der Waals surface area contributed by atoms with Crippen molar-refractivity contribution in [2.75, 3.05) is 37.3 Å². The van der Waals surface area contributed by atoms with Gasteiger partial charge in [0.15, 0.2) is 0 Å². The van der Waals surface area contributed by atoms with Crippen LogP contribution < -0.4 is 10.6 Å². The summed E-state index contributed by atoms with van der Waals surface area (Å²) in [7, 11) is 1.97. The Labute approximate surface area is 239 Å². The van der Waals surface area contributed by atoms with Crippen molar-refractivity contribution >= 4 is 29.6 Å². The Balaban J connectivity index is 0.000000726. The zero-order chi connectivity index (χ0) is 30.7. The first-order chi connectivity index (χ1) is 19.0. The van der Waals surface area contributed by atoms with E-state index in [0.29, 0.717) is 5.82 Å². The van der Waals surface area contributed by atoms with Crippen LogP contribution in [0.4, 0.5) is 20.2 Å². The van der Waals surface area contributed by atoms with Crippen molar-refractivity contribution in [3.63, 3.8) is 0 Å². The standard InChI is InChI=1S/C15H27N5O.C13H16F2N2.C2H6/c1-6-17-14(4)19(5)10-11-20(7-2)15(8-9-16)18-12-13(3)21;1-3-4-5-12-16-10-7-6-9(13(2,14)15)8-11(10)17-12;1-2/h6,8-9,12-13,16,21H,1,7,10-11H2,2-5H3;3-4,6-8,12,16-17H,5H2,1-2H3;1-2H3/b15-8+,16-9?,17-14?,18-12+;4-3-;. The predicted octanol–water partition coefficient (Wildman–Crippen LogP) is 6.70. The number of hydrogen-bond donors (Lipinski definition) is 4. The van der Waals surface area contributed by atoms with Crippen molar-refractivity contribution in [2.45, 2.75) is 73.1 Å². The molecule has 1 aromatic rings. The monoisotopic (exact) mass is 561 g/mol. The van der Waals surface area contributed by atoms with E-state index in [0.717, 1.165) is 50.2 Å². The summed E-state index contributed by atoms with van der Waals surface area (Å²) in [5, 5.41) is 22.9. The summed E-state index contributed by atoms with van der Waals surface area (Å²) in [5.74, 6) is -1.23. The summed E-state index contributed by atoms with van der Waals surface area (Å²) < 4.78 is 26.3. The molecule has 1 aromatic carbocycles. The second-order valence-electron chi connectivity index (χ2n) is 8.87. The van der Waals surface area contributed by atoms with E-state index in [4.69, 9.17) is 5.41 Å². The molecule has 0 aromatic heterocycles. The van der Waals surface area contributed by atoms with E-state index in [-0.39, 0.29) is 11.7 Å². The van der Waals surface area contributed by atoms with Crippen LogP contribution in [0.3, 0.4) is 0 Å². The van der Waals surface area contributed by atoms with Gasteiger partial charge in [0.1, 0.15) is 11.7 Å². The number of benzene rings is 1. The molecular formula is C30H49F2N7O. The molecule has 0 amide bonds. The molecule has 0 bridgehead atoms. The number of fused-ring (bicyclic) bond motifs is 1. The Hall–Kier alpha value is -3.53. The normalized spacial score (nSPS) is 15.6. The molecule has 8 nitrogen and oxygen atoms in total. The molecule has 1 aliphatic heterocycles. The van der Waals surface area contributed by atoms with Gasteiger partial charge < -0.3 is 30.9 Å². The number of hydrogen-bond acceptors (Lipinski definition) is 7. The third kappa shape index (κ3) is 13.5. The molecular weight excluding hydrogens is 512 g/mol. The first kappa shape index (κ1) is 36.5. The maximum Gasteiger partial charge on any atom is 0.270 e. The lowest BCUT2D eigenvalue weighted by Gasteiger charge is -2.27. The van der Waals surface area contributed by atoms with Gasteiger partial charge in [0.05, 0.1) is 23.6 Å². The number of aliphatic imine (C=N–C) groups is 2. The lowest BCUT2D eigenvalue weighted by atomic mass is 10.1. The summed E-state index contributed by atoms with van der Waals surface area (Å²) in [6, 6.07) is 4.67. The van der Waals surface area contributed by atoms with Crippen LogP contribution in [0.15, 0.2) is 65.0 Å². The summed E-state index contributed by atoms with van der Waals surface area (Å²) in [6.45, 7) is 18.3. The van der Waals surface area contributed by atoms with Crippen molar-refractivity contribution in [1.82, 2.24) is 9.80 Å². The maximum absolute atomic E-state index is 13.2. The van der Waals surface area contributed by atoms with Gasteiger partial charge in [-0.2, -0.15) is 0 Å². The minimum atomic E-state index is -2.79. The number of anilines is 2. The van der Waals surface area contributed by atoms with Crippen LogP contribution >= 0.6 is 0 Å². The largest absolute Gasteiger partial charge is 0.388 e. The fraction of sp³-hybridized carbons (Fsp3) is 0.500. The number of nitrogens with one attached hydrogen (secondary N) is 3. The number of aliphatic hydroxyl groups is 1. The fourth-order valence-corrected chi connectivity index (χ4v) is 3.45. The van der Waals surface area contributed by atoms with Crippen LogP contribution in [0.5, 0.6) is 0 Å². The summed E-state index contributed by atoms with van der Waals surface area (Å²) >= 11 is 0. The number of allylic oxidation sites excluding steroid dienone is 2. The number of nitrogens with zero attached hydrogens (tertiary/aromatic N) is 4. The number of amidine groups is 1. The van der Waals surface area contributed by atoms with Gasteiger partial charge in [-0.1, -0.05) is 38.6 Å². The Morgan fingerprint density at radius 2 is 1.90 bits per heavy atom. The Morgan fingerprint density at radius 3 is 2.42 bits per heavy atom. The van der Waals surface area contributed by atoms with Gasteiger partial charge in [-0.15, -0.1) is 0 Å². The first-order valence-corrected chi connectivity index (χ1v) is 13.7. The number of aliphatic hydroxyl groups excluding tert-OH is 1. The van der Waals surface area contributed by atoms with Crippen molar-refractivity contribution in [2.24, 2.45) is 9.98 Å². The molecule has 2 atom stereocenters. The van der Waals surface area contributed by atoms with E-state index in [9.17, 15) is 13.9 Å². The van der Waals surface area contributed by atoms with Crippen LogP contribution in [0.2, 0.25) is 0 Å². The zero-order valence-electron chi connectivity index (χ0n) is 25.4. The smallest absolute Gasteiger partial charge is 0.270 e. The van der Waals surface area contributed by atoms with E-state index >= 15 is 0 Å². The van der Waals surface area contributed by atoms with Gasteiger partial charge in [-0.25, -0.2) is 18.8 Å². The van der Waals surface area contributed by atoms with Crippen LogP contribution in [-0.4, -0.2) is 72.1 Å². The van der Waals surface area contributed by atoms with Gasteiger partial charge in [0.2, 0.25) is 0 Å². The number of alkyl halides is 2. The summed E-state index contributed by atoms with van der Waals surface area (Å²) in [5.41, 5.74) is 1.67. The van der Waals surface area contributed by atoms with Gasteiger partial charge >= 0.3 is 0 Å². The van der Waals surface area contributed by atoms with Crippen LogP contribution in [0.25, 0.3) is 0 Å². The average molecular weight is 562 g/mol. The Kier molecular flexibility index (Phi) is 17.8. The number of rotatable bonds is 12. The second-order valence-corrected chi connectivity index (χ2v) is 8.87. The molecule has 224 valence electrons. The number of likely N-dealkylation sites (N-methyl/N-ethyl adjacent to an activating group) is 2. The molecule has 0 saturated carbocycles. The lowest BCUT2D eigenvalue weighted by Crippen LogP contribution is -2.34. The van der Waals surface area contributed by atoms with Gasteiger partial charge in [-0.3, -0.25) is 0 Å². The Morgan fingerprint density at radius 1 is 1.25 bits per heavy atom. The molecule has 0 fully saturated rings. The fourth-order valence-electron chi connectivity index (χ4n) is 3.45. The topological polar surface area (TPSA) is 99.3 Å². The molecule has 2 rings (SSSR count). The summed E-state index contributed by atoms with van der Waals surface area (Å²) in [6.07, 6.45) is 10.1. The van der Waals surface area contributed by atoms with Crippen molar-refractivity contribution < 1.29 is 13.9 Å². The molecule has 2 unspecified atom stereocenters. The SMILES string of the molecule is C/C=C\CC1Nc2ccc(C(C)(F)F)cc2N1.C=CN=C(C)N(C)CCN(CC)C(=C/C=N)/N=C/C(C)O.CC. The van der Waals surface area contributed by atoms with E-state index in [1.165, 1.54) is 30.8 Å². The molecule has 0 saturated heterocycles. The molecule has 4 N–H and O–H groups in total. The highest BCUT2D eigenvalue weighted by molar-refractivity contribution is 5.80. The zero-order valence-corrected chi connectivity index (χ0v) is 25.4.